The fourth-order valence-electron chi connectivity index (χ4n) is 10.4. The molecule has 6 aromatic carbocycles. The summed E-state index contributed by atoms with van der Waals surface area (Å²) in [5.74, 6) is 0.782. The molecule has 117 heavy (non-hydrogen) atoms. The lowest BCUT2D eigenvalue weighted by atomic mass is 10.0. The van der Waals surface area contributed by atoms with Gasteiger partial charge in [-0.05, 0) is 159 Å². The van der Waals surface area contributed by atoms with E-state index >= 15 is 0 Å². The molecule has 23 nitrogen and oxygen atoms in total. The fraction of sp³-hybridized carbons (Fsp3) is 0.500. The van der Waals surface area contributed by atoms with Gasteiger partial charge in [0.05, 0.1) is 14.7 Å². The summed E-state index contributed by atoms with van der Waals surface area (Å²) < 4.78 is 95.0. The van der Waals surface area contributed by atoms with Crippen molar-refractivity contribution in [2.24, 2.45) is 0 Å². The molecule has 0 aliphatic carbocycles. The predicted molar refractivity (Wildman–Crippen MR) is 511 cm³/mol. The normalized spacial score (nSPS) is 13.4. The van der Waals surface area contributed by atoms with E-state index in [0.717, 1.165) is 75.4 Å². The summed E-state index contributed by atoms with van der Waals surface area (Å²) in [6.45, 7) is 23.3. The van der Waals surface area contributed by atoms with Crippen molar-refractivity contribution in [2.75, 3.05) is 105 Å². The molecule has 0 aromatic heterocycles. The molecule has 33 heteroatoms. The van der Waals surface area contributed by atoms with Crippen LogP contribution in [-0.4, -0.2) is 162 Å². The van der Waals surface area contributed by atoms with E-state index in [9.17, 15) is 54.0 Å². The zero-order valence-electron chi connectivity index (χ0n) is 70.3. The van der Waals surface area contributed by atoms with Crippen LogP contribution >= 0.6 is 72.0 Å². The Kier molecular flexibility index (Phi) is 68.7. The van der Waals surface area contributed by atoms with E-state index in [0.29, 0.717) is 57.8 Å². The van der Waals surface area contributed by atoms with E-state index in [1.165, 1.54) is 101 Å². The summed E-state index contributed by atoms with van der Waals surface area (Å²) in [4.78, 5) is 78.5. The van der Waals surface area contributed by atoms with Crippen molar-refractivity contribution in [2.45, 2.75) is 222 Å². The maximum atomic E-state index is 12.0. The molecule has 0 saturated heterocycles. The number of rotatable bonds is 4. The molecule has 0 unspecified atom stereocenters. The van der Waals surface area contributed by atoms with Crippen LogP contribution in [0.15, 0.2) is 142 Å². The minimum atomic E-state index is -4.19. The van der Waals surface area contributed by atoms with Gasteiger partial charge in [-0.25, -0.2) is 29.6 Å². The largest absolute Gasteiger partial charge is 0.353 e. The molecule has 2 N–H and O–H groups in total. The van der Waals surface area contributed by atoms with Crippen LogP contribution in [0.5, 0.6) is 0 Å². The number of amides is 6. The van der Waals surface area contributed by atoms with Gasteiger partial charge < -0.3 is 34.7 Å². The lowest BCUT2D eigenvalue weighted by Crippen LogP contribution is -2.31. The van der Waals surface area contributed by atoms with Gasteiger partial charge in [-0.1, -0.05) is 201 Å². The Morgan fingerprint density at radius 2 is 0.513 bits per heavy atom. The van der Waals surface area contributed by atoms with E-state index in [2.05, 4.69) is 119 Å². The third kappa shape index (κ3) is 45.4. The van der Waals surface area contributed by atoms with Crippen LogP contribution in [-0.2, 0) is 105 Å². The molecule has 3 radical (unpaired) electrons. The van der Waals surface area contributed by atoms with Crippen LogP contribution in [0.3, 0.4) is 0 Å². The van der Waals surface area contributed by atoms with Gasteiger partial charge in [0.25, 0.3) is 18.1 Å². The number of anilines is 6. The summed E-state index contributed by atoms with van der Waals surface area (Å²) in [7, 11) is 16.9. The molecule has 6 aliphatic rings. The topological polar surface area (TPSA) is 294 Å². The van der Waals surface area contributed by atoms with E-state index in [4.69, 9.17) is 34.3 Å². The van der Waals surface area contributed by atoms with Gasteiger partial charge >= 0.3 is 9.33 Å². The molecule has 6 heterocycles. The van der Waals surface area contributed by atoms with Crippen molar-refractivity contribution in [3.8, 4) is 0 Å². The Morgan fingerprint density at radius 1 is 0.359 bits per heavy atom. The SMILES string of the molecule is C.C.C.CCBr.CCC.CCC.CCC.CCC.CCC.CN1C(=O)CCc2cc(S(=O)(=O)Cl)ccc21.CN1C(=O)CCc2cc(S(=O)(=O)Cl)ccc21.CN1C(=O)CCc2cc(S(=O)(=O)N(C)C)ccc21.CN1C(=O)CCc2ccccc21.CN1C(=O)CCc2ccccc21.CN1C(=O)CCc2ccccc21.CNC.I.O=S(=O)(O)Cl.[2HH].[B]. The van der Waals surface area contributed by atoms with Gasteiger partial charge in [0.1, 0.15) is 0 Å². The van der Waals surface area contributed by atoms with Crippen LogP contribution in [0.25, 0.3) is 0 Å². The molecule has 6 aromatic rings. The summed E-state index contributed by atoms with van der Waals surface area (Å²) in [5, 5.41) is 3.81. The van der Waals surface area contributed by atoms with E-state index in [-0.39, 0.29) is 106 Å². The van der Waals surface area contributed by atoms with Crippen molar-refractivity contribution in [1.82, 2.24) is 9.62 Å². The first-order valence-electron chi connectivity index (χ1n) is 37.2. The van der Waals surface area contributed by atoms with Crippen LogP contribution in [0.4, 0.5) is 34.1 Å². The zero-order valence-corrected chi connectivity index (χ0v) is 79.7. The maximum absolute atomic E-state index is 12.0. The number of aryl methyl sites for hydroxylation is 6. The molecule has 0 bridgehead atoms. The number of carbonyl (C=O) groups excluding carboxylic acids is 6. The smallest absolute Gasteiger partial charge is 0.323 e. The molecule has 6 aliphatic heterocycles. The quantitative estimate of drug-likeness (QED) is 0.0545. The van der Waals surface area contributed by atoms with E-state index < -0.39 is 37.5 Å². The molecular weight excluding hydrogens is 1810 g/mol. The maximum Gasteiger partial charge on any atom is 0.353 e. The molecule has 665 valence electrons. The number of nitrogens with one attached hydrogen (secondary N) is 1. The fourth-order valence-corrected chi connectivity index (χ4v) is 12.9. The number of benzene rings is 6. The van der Waals surface area contributed by atoms with Crippen molar-refractivity contribution >= 4 is 187 Å². The summed E-state index contributed by atoms with van der Waals surface area (Å²) >= 11 is 3.15. The third-order valence-electron chi connectivity index (χ3n) is 15.5. The molecule has 0 fully saturated rings. The molecule has 0 spiro atoms. The highest BCUT2D eigenvalue weighted by Gasteiger charge is 2.28. The summed E-state index contributed by atoms with van der Waals surface area (Å²) in [6.07, 6.45) is 13.8. The predicted octanol–water partition coefficient (Wildman–Crippen LogP) is 19.4. The van der Waals surface area contributed by atoms with Gasteiger partial charge in [-0.2, -0.15) is 8.42 Å². The van der Waals surface area contributed by atoms with Gasteiger partial charge in [-0.3, -0.25) is 33.3 Å². The molecular formula is C84H137BBrCl3IN8O15S4. The monoisotopic (exact) mass is 1950 g/mol. The average molecular weight is 1950 g/mol. The van der Waals surface area contributed by atoms with E-state index in [1.807, 2.05) is 96.8 Å². The second-order valence-corrected chi connectivity index (χ2v) is 36.3. The Bertz CT molecular complexity index is 4130. The van der Waals surface area contributed by atoms with Crippen LogP contribution in [0.1, 0.15) is 204 Å². The Morgan fingerprint density at radius 3 is 0.692 bits per heavy atom. The highest BCUT2D eigenvalue weighted by molar-refractivity contribution is 14.0. The standard InChI is InChI=1S/C12H16N2O3S.2C10H10ClNO3S.3C10H11NO.5C3H8.C2H5Br.C2H7N.3CH4.B.ClHO3S.HI.H2/c1-13(2)18(16,17)10-5-6-11-9(8-10)4-7-12(15)14(11)3;2*1-12-9-4-3-8(16(11,14)15)6-7(9)2-5-10(12)13;3*1-11-9-5-3-2-4-8(9)6-7-10(11)12;5*1-3-2;1-2-3;1-3-2;;;;;1-5(2,3)4;;/h5-6,8H,4,7H2,1-3H3;2*3-4,6H,2,5H2,1H3;3*2-5H,6-7H2,1H3;5*3H2,1-2H3;2H2,1H3;3H,1-2H3;3*1H4;;(H,2,3,4);2*1H/i;;;;;;;;;;;;;;;;;;;1+1. The minimum Gasteiger partial charge on any atom is -0.323 e. The zero-order chi connectivity index (χ0) is 86.5. The number of nitrogens with zero attached hydrogens (tertiary/aromatic N) is 7. The Balaban J connectivity index is -0.000000192. The van der Waals surface area contributed by atoms with Crippen molar-refractivity contribution in [3.05, 3.63) is 161 Å². The van der Waals surface area contributed by atoms with Gasteiger partial charge in [0, 0.05) is 176 Å². The second kappa shape index (κ2) is 64.8. The lowest BCUT2D eigenvalue weighted by molar-refractivity contribution is -0.119. The van der Waals surface area contributed by atoms with Crippen molar-refractivity contribution < 1.29 is 68.4 Å². The summed E-state index contributed by atoms with van der Waals surface area (Å²) in [5.41, 5.74) is 11.9. The van der Waals surface area contributed by atoms with Gasteiger partial charge in [0.2, 0.25) is 45.5 Å². The van der Waals surface area contributed by atoms with Crippen LogP contribution in [0, 0.1) is 0 Å². The second-order valence-electron chi connectivity index (χ2n) is 25.9. The molecule has 12 rings (SSSR count). The Labute approximate surface area is 747 Å². The number of fused-ring (bicyclic) bond motifs is 6. The van der Waals surface area contributed by atoms with E-state index in [1.54, 1.807) is 71.1 Å². The number of para-hydroxylation sites is 3. The highest BCUT2D eigenvalue weighted by Crippen LogP contribution is 2.34. The molecule has 6 amide bonds. The number of carbonyl (C=O) groups is 6. The molecule has 0 saturated carbocycles. The van der Waals surface area contributed by atoms with Crippen molar-refractivity contribution in [1.29, 1.82) is 0 Å². The third-order valence-corrected chi connectivity index (χ3v) is 20.0. The summed E-state index contributed by atoms with van der Waals surface area (Å²) in [6, 6.07) is 38.2. The first-order chi connectivity index (χ1) is 52.4. The average Bonchev–Trinajstić information content (AvgIpc) is 0.868. The number of sulfonamides is 1. The van der Waals surface area contributed by atoms with Crippen molar-refractivity contribution in [3.63, 3.8) is 0 Å². The van der Waals surface area contributed by atoms with Crippen LogP contribution in [0.2, 0.25) is 0 Å². The number of hydrogen-bond donors (Lipinski definition) is 2. The Hall–Kier alpha value is -6.04. The van der Waals surface area contributed by atoms with Gasteiger partial charge in [-0.15, -0.1) is 24.0 Å². The first-order valence-corrected chi connectivity index (χ1v) is 46.7. The number of hydrogen-bond acceptors (Lipinski definition) is 15. The lowest BCUT2D eigenvalue weighted by Gasteiger charge is -2.26. The van der Waals surface area contributed by atoms with Crippen LogP contribution < -0.4 is 34.7 Å². The number of alkyl halides is 1. The first kappa shape index (κ1) is 124. The number of halogens is 5. The molecule has 0 atom stereocenters. The minimum absolute atomic E-state index is 0. The highest BCUT2D eigenvalue weighted by atomic mass is 127. The van der Waals surface area contributed by atoms with Gasteiger partial charge in [0.15, 0.2) is 0 Å².